The summed E-state index contributed by atoms with van der Waals surface area (Å²) >= 11 is 0. The molecule has 208 valence electrons. The zero-order valence-electron chi connectivity index (χ0n) is 22.3. The summed E-state index contributed by atoms with van der Waals surface area (Å²) in [6.07, 6.45) is 1.57. The number of nitrogens with zero attached hydrogens (tertiary/aromatic N) is 1. The van der Waals surface area contributed by atoms with Gasteiger partial charge in [0.1, 0.15) is 17.3 Å². The molecule has 8 heteroatoms. The van der Waals surface area contributed by atoms with Gasteiger partial charge in [-0.15, -0.1) is 0 Å². The first kappa shape index (κ1) is 27.5. The normalized spacial score (nSPS) is 21.6. The Bertz CT molecular complexity index is 1370. The van der Waals surface area contributed by atoms with Crippen LogP contribution in [0.1, 0.15) is 50.6 Å². The number of aromatic hydroxyl groups is 2. The van der Waals surface area contributed by atoms with Crippen molar-refractivity contribution in [2.45, 2.75) is 25.7 Å². The van der Waals surface area contributed by atoms with Crippen LogP contribution in [0.25, 0.3) is 0 Å². The first-order valence-electron chi connectivity index (χ1n) is 13.7. The van der Waals surface area contributed by atoms with E-state index in [-0.39, 0.29) is 59.1 Å². The molecule has 2 heterocycles. The minimum Gasteiger partial charge on any atom is -0.508 e. The molecule has 1 amide bonds. The molecule has 0 aromatic heterocycles. The highest BCUT2D eigenvalue weighted by molar-refractivity contribution is 6.03. The van der Waals surface area contributed by atoms with Crippen molar-refractivity contribution in [1.82, 2.24) is 10.2 Å². The van der Waals surface area contributed by atoms with Crippen LogP contribution in [0.3, 0.4) is 0 Å². The Hall–Kier alpha value is -4.04. The van der Waals surface area contributed by atoms with Gasteiger partial charge in [0.2, 0.25) is 5.91 Å². The van der Waals surface area contributed by atoms with Crippen molar-refractivity contribution in [1.29, 1.82) is 0 Å². The van der Waals surface area contributed by atoms with E-state index in [4.69, 9.17) is 0 Å². The van der Waals surface area contributed by atoms with Crippen molar-refractivity contribution >= 4 is 17.5 Å². The molecule has 0 spiro atoms. The second-order valence-corrected chi connectivity index (χ2v) is 10.8. The minimum absolute atomic E-state index is 0.0638. The summed E-state index contributed by atoms with van der Waals surface area (Å²) in [7, 11) is 0. The predicted molar refractivity (Wildman–Crippen MR) is 148 cm³/mol. The third kappa shape index (κ3) is 5.49. The first-order chi connectivity index (χ1) is 19.2. The molecular weight excluding hydrogens is 511 g/mol. The Labute approximate surface area is 232 Å². The van der Waals surface area contributed by atoms with Crippen LogP contribution in [0, 0.1) is 30.5 Å². The molecule has 1 unspecified atom stereocenters. The molecule has 3 atom stereocenters. The SMILES string of the molecule is Cc1c(F)cccc1C1[C@@H](C(=O)c2cccc(O)c2)CN(C(=O)C2CCCNC2)C[C@@H]1C(=O)c1cccc(O)c1. The zero-order chi connectivity index (χ0) is 28.4. The van der Waals surface area contributed by atoms with E-state index in [0.29, 0.717) is 24.1 Å². The van der Waals surface area contributed by atoms with E-state index in [1.165, 1.54) is 30.3 Å². The number of carbonyl (C=O) groups excluding carboxylic acids is 3. The lowest BCUT2D eigenvalue weighted by Gasteiger charge is -2.44. The predicted octanol–water partition coefficient (Wildman–Crippen LogP) is 4.47. The number of halogens is 1. The molecule has 2 aliphatic rings. The number of phenolic OH excluding ortho intramolecular Hbond substituents is 2. The molecule has 0 bridgehead atoms. The molecule has 5 rings (SSSR count). The molecule has 7 nitrogen and oxygen atoms in total. The molecule has 0 aliphatic carbocycles. The minimum atomic E-state index is -0.872. The van der Waals surface area contributed by atoms with E-state index in [2.05, 4.69) is 5.32 Å². The average Bonchev–Trinajstić information content (AvgIpc) is 2.97. The van der Waals surface area contributed by atoms with E-state index in [9.17, 15) is 29.0 Å². The van der Waals surface area contributed by atoms with Gasteiger partial charge in [-0.05, 0) is 67.8 Å². The van der Waals surface area contributed by atoms with Gasteiger partial charge < -0.3 is 20.4 Å². The highest BCUT2D eigenvalue weighted by Gasteiger charge is 2.47. The van der Waals surface area contributed by atoms with E-state index in [1.54, 1.807) is 48.2 Å². The Balaban J connectivity index is 1.64. The first-order valence-corrected chi connectivity index (χ1v) is 13.7. The van der Waals surface area contributed by atoms with Crippen molar-refractivity contribution in [3.63, 3.8) is 0 Å². The molecule has 3 aromatic rings. The molecule has 2 aliphatic heterocycles. The summed E-state index contributed by atoms with van der Waals surface area (Å²) in [5, 5.41) is 23.5. The van der Waals surface area contributed by atoms with Crippen LogP contribution in [-0.4, -0.2) is 58.8 Å². The number of rotatable bonds is 6. The fraction of sp³-hybridized carbons (Fsp3) is 0.344. The highest BCUT2D eigenvalue weighted by Crippen LogP contribution is 2.43. The lowest BCUT2D eigenvalue weighted by Crippen LogP contribution is -2.55. The Morgan fingerprint density at radius 2 is 1.45 bits per heavy atom. The van der Waals surface area contributed by atoms with Crippen LogP contribution < -0.4 is 5.32 Å². The van der Waals surface area contributed by atoms with Crippen molar-refractivity contribution in [3.05, 3.63) is 94.8 Å². The van der Waals surface area contributed by atoms with Crippen LogP contribution in [0.5, 0.6) is 11.5 Å². The highest BCUT2D eigenvalue weighted by atomic mass is 19.1. The van der Waals surface area contributed by atoms with E-state index < -0.39 is 23.6 Å². The summed E-state index contributed by atoms with van der Waals surface area (Å²) in [5.74, 6) is -4.15. The van der Waals surface area contributed by atoms with Gasteiger partial charge in [0.25, 0.3) is 0 Å². The number of nitrogens with one attached hydrogen (secondary N) is 1. The quantitative estimate of drug-likeness (QED) is 0.396. The summed E-state index contributed by atoms with van der Waals surface area (Å²) < 4.78 is 14.9. The number of Topliss-reactive ketones (excluding diaryl/α,β-unsaturated/α-hetero) is 2. The lowest BCUT2D eigenvalue weighted by molar-refractivity contribution is -0.138. The molecule has 3 N–H and O–H groups in total. The maximum absolute atomic E-state index is 14.9. The molecule has 2 fully saturated rings. The molecule has 0 radical (unpaired) electrons. The molecule has 3 aromatic carbocycles. The van der Waals surface area contributed by atoms with Crippen LogP contribution in [0.15, 0.2) is 66.7 Å². The summed E-state index contributed by atoms with van der Waals surface area (Å²) in [5.41, 5.74) is 1.37. The summed E-state index contributed by atoms with van der Waals surface area (Å²) in [6, 6.07) is 16.6. The smallest absolute Gasteiger partial charge is 0.227 e. The second kappa shape index (κ2) is 11.6. The van der Waals surface area contributed by atoms with Gasteiger partial charge in [0, 0.05) is 48.5 Å². The number of hydrogen-bond donors (Lipinski definition) is 3. The Kier molecular flexibility index (Phi) is 7.98. The molecule has 2 saturated heterocycles. The van der Waals surface area contributed by atoms with Gasteiger partial charge in [-0.1, -0.05) is 36.4 Å². The van der Waals surface area contributed by atoms with E-state index >= 15 is 0 Å². The number of amides is 1. The van der Waals surface area contributed by atoms with Crippen molar-refractivity contribution < 1.29 is 29.0 Å². The number of piperidine rings is 2. The Morgan fingerprint density at radius 3 is 1.98 bits per heavy atom. The maximum atomic E-state index is 14.9. The zero-order valence-corrected chi connectivity index (χ0v) is 22.3. The number of hydrogen-bond acceptors (Lipinski definition) is 6. The fourth-order valence-corrected chi connectivity index (χ4v) is 6.21. The monoisotopic (exact) mass is 544 g/mol. The number of likely N-dealkylation sites (tertiary alicyclic amines) is 1. The summed E-state index contributed by atoms with van der Waals surface area (Å²) in [6.45, 7) is 3.12. The molecular formula is C32H33FN2O5. The largest absolute Gasteiger partial charge is 0.508 e. The van der Waals surface area contributed by atoms with Gasteiger partial charge in [-0.3, -0.25) is 14.4 Å². The van der Waals surface area contributed by atoms with Gasteiger partial charge in [0.15, 0.2) is 11.6 Å². The average molecular weight is 545 g/mol. The van der Waals surface area contributed by atoms with Crippen LogP contribution >= 0.6 is 0 Å². The van der Waals surface area contributed by atoms with E-state index in [1.807, 2.05) is 0 Å². The molecule has 40 heavy (non-hydrogen) atoms. The standard InChI is InChI=1S/C32H33FN2O5/c1-19-25(11-4-12-28(19)33)29-26(30(38)20-6-2-9-23(36)14-20)17-35(32(40)22-8-5-13-34-16-22)18-27(29)31(39)21-7-3-10-24(37)15-21/h2-4,6-7,9-12,14-15,22,26-27,29,34,36-37H,5,8,13,16-18H2,1H3/t22?,26-,27-/m0/s1. The van der Waals surface area contributed by atoms with E-state index in [0.717, 1.165) is 13.0 Å². The van der Waals surface area contributed by atoms with Crippen LogP contribution in [-0.2, 0) is 4.79 Å². The fourth-order valence-electron chi connectivity index (χ4n) is 6.21. The second-order valence-electron chi connectivity index (χ2n) is 10.8. The van der Waals surface area contributed by atoms with Crippen molar-refractivity contribution in [3.8, 4) is 11.5 Å². The number of carbonyl (C=O) groups is 3. The summed E-state index contributed by atoms with van der Waals surface area (Å²) in [4.78, 5) is 43.6. The van der Waals surface area contributed by atoms with Crippen LogP contribution in [0.4, 0.5) is 4.39 Å². The maximum Gasteiger partial charge on any atom is 0.227 e. The third-order valence-electron chi connectivity index (χ3n) is 8.26. The number of ketones is 2. The topological polar surface area (TPSA) is 107 Å². The third-order valence-corrected chi connectivity index (χ3v) is 8.26. The van der Waals surface area contributed by atoms with Gasteiger partial charge in [0.05, 0.1) is 5.92 Å². The van der Waals surface area contributed by atoms with Gasteiger partial charge in [-0.25, -0.2) is 4.39 Å². The Morgan fingerprint density at radius 1 is 0.875 bits per heavy atom. The van der Waals surface area contributed by atoms with Gasteiger partial charge in [-0.2, -0.15) is 0 Å². The van der Waals surface area contributed by atoms with Crippen molar-refractivity contribution in [2.24, 2.45) is 17.8 Å². The molecule has 0 saturated carbocycles. The number of benzene rings is 3. The van der Waals surface area contributed by atoms with Crippen molar-refractivity contribution in [2.75, 3.05) is 26.2 Å². The lowest BCUT2D eigenvalue weighted by atomic mass is 9.67. The number of phenols is 2. The van der Waals surface area contributed by atoms with Crippen LogP contribution in [0.2, 0.25) is 0 Å². The van der Waals surface area contributed by atoms with Gasteiger partial charge >= 0.3 is 0 Å².